The standard InChI is InChI=1S/C20H24N4O3S/c1-14(25)24-20(16-7-11-18(12-8-16)23(2)3)13-19(21-24)15-5-9-17(10-6-15)22-28(4,26)27/h5-12,20,22H,13H2,1-4H3. The van der Waals surface area contributed by atoms with Gasteiger partial charge >= 0.3 is 0 Å². The number of carbonyl (C=O) groups excluding carboxylic acids is 1. The molecule has 1 unspecified atom stereocenters. The van der Waals surface area contributed by atoms with Crippen LogP contribution in [0.2, 0.25) is 0 Å². The Morgan fingerprint density at radius 1 is 1.11 bits per heavy atom. The fraction of sp³-hybridized carbons (Fsp3) is 0.300. The van der Waals surface area contributed by atoms with Crippen molar-refractivity contribution in [2.45, 2.75) is 19.4 Å². The van der Waals surface area contributed by atoms with Gasteiger partial charge in [0.2, 0.25) is 15.9 Å². The van der Waals surface area contributed by atoms with E-state index in [0.717, 1.165) is 28.8 Å². The minimum atomic E-state index is -3.32. The number of hydrogen-bond acceptors (Lipinski definition) is 5. The monoisotopic (exact) mass is 400 g/mol. The van der Waals surface area contributed by atoms with Crippen LogP contribution in [0.5, 0.6) is 0 Å². The average molecular weight is 401 g/mol. The van der Waals surface area contributed by atoms with Gasteiger partial charge in [0.15, 0.2) is 0 Å². The zero-order valence-corrected chi connectivity index (χ0v) is 17.2. The fourth-order valence-corrected chi connectivity index (χ4v) is 3.74. The highest BCUT2D eigenvalue weighted by Crippen LogP contribution is 2.33. The van der Waals surface area contributed by atoms with Crippen LogP contribution in [-0.2, 0) is 14.8 Å². The zero-order valence-electron chi connectivity index (χ0n) is 16.4. The van der Waals surface area contributed by atoms with Crippen molar-refractivity contribution in [1.29, 1.82) is 0 Å². The van der Waals surface area contributed by atoms with Crippen LogP contribution >= 0.6 is 0 Å². The molecule has 8 heteroatoms. The third-order valence-corrected chi connectivity index (χ3v) is 5.16. The molecule has 1 aliphatic rings. The van der Waals surface area contributed by atoms with Gasteiger partial charge in [-0.3, -0.25) is 9.52 Å². The Morgan fingerprint density at radius 2 is 1.71 bits per heavy atom. The van der Waals surface area contributed by atoms with E-state index in [4.69, 9.17) is 0 Å². The Hall–Kier alpha value is -2.87. The van der Waals surface area contributed by atoms with E-state index in [1.165, 1.54) is 11.9 Å². The summed E-state index contributed by atoms with van der Waals surface area (Å²) in [5, 5.41) is 6.05. The predicted molar refractivity (Wildman–Crippen MR) is 112 cm³/mol. The molecule has 0 fully saturated rings. The van der Waals surface area contributed by atoms with Crippen LogP contribution in [0.4, 0.5) is 11.4 Å². The lowest BCUT2D eigenvalue weighted by atomic mass is 9.98. The van der Waals surface area contributed by atoms with Gasteiger partial charge in [0, 0.05) is 38.8 Å². The molecular weight excluding hydrogens is 376 g/mol. The third-order valence-electron chi connectivity index (χ3n) is 4.55. The maximum absolute atomic E-state index is 12.1. The number of amides is 1. The van der Waals surface area contributed by atoms with Gasteiger partial charge in [-0.05, 0) is 35.4 Å². The molecule has 1 heterocycles. The second-order valence-corrected chi connectivity index (χ2v) is 8.82. The van der Waals surface area contributed by atoms with Crippen molar-refractivity contribution in [3.63, 3.8) is 0 Å². The molecule has 0 saturated heterocycles. The Bertz CT molecular complexity index is 997. The molecule has 28 heavy (non-hydrogen) atoms. The van der Waals surface area contributed by atoms with E-state index in [0.29, 0.717) is 12.1 Å². The summed E-state index contributed by atoms with van der Waals surface area (Å²) in [5.41, 5.74) is 4.26. The Morgan fingerprint density at radius 3 is 2.21 bits per heavy atom. The number of hydrogen-bond donors (Lipinski definition) is 1. The molecule has 0 bridgehead atoms. The highest BCUT2D eigenvalue weighted by atomic mass is 32.2. The summed E-state index contributed by atoms with van der Waals surface area (Å²) in [4.78, 5) is 14.1. The van der Waals surface area contributed by atoms with Crippen molar-refractivity contribution in [2.75, 3.05) is 30.0 Å². The summed E-state index contributed by atoms with van der Waals surface area (Å²) in [5.74, 6) is -0.118. The molecule has 7 nitrogen and oxygen atoms in total. The van der Waals surface area contributed by atoms with Gasteiger partial charge in [-0.1, -0.05) is 24.3 Å². The molecule has 3 rings (SSSR count). The molecule has 0 spiro atoms. The van der Waals surface area contributed by atoms with Crippen molar-refractivity contribution in [1.82, 2.24) is 5.01 Å². The van der Waals surface area contributed by atoms with Gasteiger partial charge in [-0.2, -0.15) is 5.10 Å². The van der Waals surface area contributed by atoms with Crippen LogP contribution in [0.1, 0.15) is 30.5 Å². The lowest BCUT2D eigenvalue weighted by molar-refractivity contribution is -0.130. The van der Waals surface area contributed by atoms with Crippen LogP contribution in [0.3, 0.4) is 0 Å². The fourth-order valence-electron chi connectivity index (χ4n) is 3.17. The molecule has 0 aromatic heterocycles. The lowest BCUT2D eigenvalue weighted by Gasteiger charge is -2.21. The normalized spacial score (nSPS) is 16.6. The average Bonchev–Trinajstić information content (AvgIpc) is 3.07. The van der Waals surface area contributed by atoms with Gasteiger partial charge in [0.25, 0.3) is 0 Å². The zero-order chi connectivity index (χ0) is 20.5. The number of carbonyl (C=O) groups is 1. The molecule has 1 atom stereocenters. The summed E-state index contributed by atoms with van der Waals surface area (Å²) in [6, 6.07) is 14.9. The highest BCUT2D eigenvalue weighted by molar-refractivity contribution is 7.92. The van der Waals surface area contributed by atoms with Crippen molar-refractivity contribution in [3.05, 3.63) is 59.7 Å². The molecule has 1 aliphatic heterocycles. The van der Waals surface area contributed by atoms with Gasteiger partial charge < -0.3 is 4.90 Å². The number of nitrogens with one attached hydrogen (secondary N) is 1. The minimum absolute atomic E-state index is 0.118. The first-order valence-electron chi connectivity index (χ1n) is 8.87. The quantitative estimate of drug-likeness (QED) is 0.837. The number of benzene rings is 2. The minimum Gasteiger partial charge on any atom is -0.378 e. The maximum Gasteiger partial charge on any atom is 0.240 e. The Labute approximate surface area is 165 Å². The van der Waals surface area contributed by atoms with E-state index in [2.05, 4.69) is 9.82 Å². The number of anilines is 2. The first kappa shape index (κ1) is 19.9. The van der Waals surface area contributed by atoms with E-state index >= 15 is 0 Å². The van der Waals surface area contributed by atoms with E-state index in [-0.39, 0.29) is 11.9 Å². The van der Waals surface area contributed by atoms with Crippen molar-refractivity contribution >= 4 is 33.0 Å². The van der Waals surface area contributed by atoms with Crippen LogP contribution in [0.15, 0.2) is 53.6 Å². The third kappa shape index (κ3) is 4.51. The number of nitrogens with zero attached hydrogens (tertiary/aromatic N) is 3. The van der Waals surface area contributed by atoms with Gasteiger partial charge in [0.1, 0.15) is 0 Å². The number of sulfonamides is 1. The SMILES string of the molecule is CC(=O)N1N=C(c2ccc(NS(C)(=O)=O)cc2)CC1c1ccc(N(C)C)cc1. The maximum atomic E-state index is 12.1. The van der Waals surface area contributed by atoms with Crippen LogP contribution < -0.4 is 9.62 Å². The van der Waals surface area contributed by atoms with Gasteiger partial charge in [0.05, 0.1) is 18.0 Å². The molecule has 0 saturated carbocycles. The molecular formula is C20H24N4O3S. The van der Waals surface area contributed by atoms with Crippen LogP contribution in [0.25, 0.3) is 0 Å². The first-order valence-corrected chi connectivity index (χ1v) is 10.8. The smallest absolute Gasteiger partial charge is 0.240 e. The Kier molecular flexibility index (Phi) is 5.42. The second kappa shape index (κ2) is 7.63. The number of hydrazone groups is 1. The molecule has 0 radical (unpaired) electrons. The second-order valence-electron chi connectivity index (χ2n) is 7.07. The summed E-state index contributed by atoms with van der Waals surface area (Å²) < 4.78 is 25.1. The molecule has 148 valence electrons. The van der Waals surface area contributed by atoms with Crippen molar-refractivity contribution < 1.29 is 13.2 Å². The molecule has 2 aromatic carbocycles. The predicted octanol–water partition coefficient (Wildman–Crippen LogP) is 2.82. The van der Waals surface area contributed by atoms with E-state index < -0.39 is 10.0 Å². The van der Waals surface area contributed by atoms with E-state index in [9.17, 15) is 13.2 Å². The summed E-state index contributed by atoms with van der Waals surface area (Å²) in [7, 11) is 0.644. The van der Waals surface area contributed by atoms with Crippen molar-refractivity contribution in [2.24, 2.45) is 5.10 Å². The summed E-state index contributed by atoms with van der Waals surface area (Å²) >= 11 is 0. The largest absolute Gasteiger partial charge is 0.378 e. The number of rotatable bonds is 5. The molecule has 2 aromatic rings. The summed E-state index contributed by atoms with van der Waals surface area (Å²) in [6.45, 7) is 1.51. The van der Waals surface area contributed by atoms with E-state index in [1.54, 1.807) is 12.1 Å². The topological polar surface area (TPSA) is 82.1 Å². The Balaban J connectivity index is 1.84. The highest BCUT2D eigenvalue weighted by Gasteiger charge is 2.31. The van der Waals surface area contributed by atoms with Crippen LogP contribution in [0, 0.1) is 0 Å². The molecule has 1 N–H and O–H groups in total. The molecule has 0 aliphatic carbocycles. The van der Waals surface area contributed by atoms with Crippen molar-refractivity contribution in [3.8, 4) is 0 Å². The molecule has 1 amide bonds. The lowest BCUT2D eigenvalue weighted by Crippen LogP contribution is -2.24. The van der Waals surface area contributed by atoms with Gasteiger partial charge in [-0.25, -0.2) is 13.4 Å². The van der Waals surface area contributed by atoms with E-state index in [1.807, 2.05) is 55.4 Å². The first-order chi connectivity index (χ1) is 13.1. The summed E-state index contributed by atoms with van der Waals surface area (Å²) in [6.07, 6.45) is 1.71. The van der Waals surface area contributed by atoms with Gasteiger partial charge in [-0.15, -0.1) is 0 Å². The van der Waals surface area contributed by atoms with Crippen LogP contribution in [-0.4, -0.2) is 45.4 Å².